The van der Waals surface area contributed by atoms with E-state index in [0.29, 0.717) is 0 Å². The van der Waals surface area contributed by atoms with Crippen LogP contribution in [0.3, 0.4) is 0 Å². The van der Waals surface area contributed by atoms with E-state index >= 15 is 0 Å². The van der Waals surface area contributed by atoms with E-state index < -0.39 is 34.6 Å². The van der Waals surface area contributed by atoms with Crippen LogP contribution in [-0.2, 0) is 0 Å². The molecular weight excluding hydrogens is 339 g/mol. The highest BCUT2D eigenvalue weighted by atomic mass is 32.1. The monoisotopic (exact) mass is 344 g/mol. The van der Waals surface area contributed by atoms with Crippen molar-refractivity contribution < 1.29 is 44.3 Å². The van der Waals surface area contributed by atoms with Crippen molar-refractivity contribution in [3.8, 4) is 0 Å². The largest absolute Gasteiger partial charge is 0.460 e. The fourth-order valence-corrected chi connectivity index (χ4v) is 2.16. The van der Waals surface area contributed by atoms with Gasteiger partial charge in [0.1, 0.15) is 0 Å². The first kappa shape index (κ1) is 17.8. The Kier molecular flexibility index (Phi) is 4.14. The summed E-state index contributed by atoms with van der Waals surface area (Å²) in [7, 11) is 0. The molecule has 0 radical (unpaired) electrons. The smallest absolute Gasteiger partial charge is 0.286 e. The van der Waals surface area contributed by atoms with Crippen molar-refractivity contribution in [2.75, 3.05) is 0 Å². The first-order chi connectivity index (χ1) is 9.18. The molecule has 0 bridgehead atoms. The van der Waals surface area contributed by atoms with Gasteiger partial charge in [0.05, 0.1) is 4.88 Å². The third kappa shape index (κ3) is 2.51. The number of thiophene rings is 1. The second-order valence-corrected chi connectivity index (χ2v) is 4.90. The summed E-state index contributed by atoms with van der Waals surface area (Å²) in [5.41, 5.74) is -0.240. The number of rotatable bonds is 4. The minimum atomic E-state index is -7.07. The molecule has 0 amide bonds. The van der Waals surface area contributed by atoms with E-state index in [4.69, 9.17) is 0 Å². The standard InChI is InChI=1S/C10H5F9OS/c1-4-2-3-21-5(4)6(20)7(11,12)8(13,14)9(15,16)10(17,18)19/h2-3H,1H3. The summed E-state index contributed by atoms with van der Waals surface area (Å²) < 4.78 is 113. The number of aryl methyl sites for hydroxylation is 1. The predicted octanol–water partition coefficient (Wildman–Crippen LogP) is 4.71. The maximum Gasteiger partial charge on any atom is 0.460 e. The van der Waals surface area contributed by atoms with Gasteiger partial charge < -0.3 is 0 Å². The number of carbonyl (C=O) groups excluding carboxylic acids is 1. The Hall–Kier alpha value is -1.26. The van der Waals surface area contributed by atoms with Gasteiger partial charge in [0.15, 0.2) is 0 Å². The minimum Gasteiger partial charge on any atom is -0.286 e. The zero-order chi connectivity index (χ0) is 16.9. The first-order valence-corrected chi connectivity index (χ1v) is 5.85. The third-order valence-electron chi connectivity index (χ3n) is 2.50. The Balaban J connectivity index is 3.35. The van der Waals surface area contributed by atoms with E-state index in [1.54, 1.807) is 0 Å². The second-order valence-electron chi connectivity index (χ2n) is 3.98. The molecule has 0 unspecified atom stereocenters. The van der Waals surface area contributed by atoms with Crippen LogP contribution in [0.4, 0.5) is 39.5 Å². The molecule has 1 rings (SSSR count). The summed E-state index contributed by atoms with van der Waals surface area (Å²) >= 11 is 0.230. The van der Waals surface area contributed by atoms with Crippen molar-refractivity contribution in [1.29, 1.82) is 0 Å². The lowest BCUT2D eigenvalue weighted by molar-refractivity contribution is -0.386. The van der Waals surface area contributed by atoms with Crippen molar-refractivity contribution in [1.82, 2.24) is 0 Å². The molecule has 0 N–H and O–H groups in total. The van der Waals surface area contributed by atoms with Gasteiger partial charge in [-0.2, -0.15) is 39.5 Å². The maximum atomic E-state index is 13.3. The number of Topliss-reactive ketones (excluding diaryl/α,β-unsaturated/α-hetero) is 1. The zero-order valence-corrected chi connectivity index (χ0v) is 10.7. The fraction of sp³-hybridized carbons (Fsp3) is 0.500. The molecule has 0 saturated carbocycles. The quantitative estimate of drug-likeness (QED) is 0.571. The van der Waals surface area contributed by atoms with E-state index in [0.717, 1.165) is 18.4 Å². The van der Waals surface area contributed by atoms with E-state index in [1.165, 1.54) is 0 Å². The average molecular weight is 344 g/mol. The number of alkyl halides is 9. The van der Waals surface area contributed by atoms with Crippen molar-refractivity contribution in [3.05, 3.63) is 21.9 Å². The number of hydrogen-bond acceptors (Lipinski definition) is 2. The average Bonchev–Trinajstić information content (AvgIpc) is 2.72. The summed E-state index contributed by atoms with van der Waals surface area (Å²) in [6.07, 6.45) is -6.94. The maximum absolute atomic E-state index is 13.3. The molecule has 0 spiro atoms. The van der Waals surface area contributed by atoms with Crippen molar-refractivity contribution >= 4 is 17.1 Å². The number of carbonyl (C=O) groups is 1. The Morgan fingerprint density at radius 2 is 1.43 bits per heavy atom. The molecule has 1 aromatic rings. The highest BCUT2D eigenvalue weighted by Crippen LogP contribution is 2.54. The van der Waals surface area contributed by atoms with E-state index in [2.05, 4.69) is 0 Å². The second kappa shape index (κ2) is 4.89. The van der Waals surface area contributed by atoms with Gasteiger partial charge in [0, 0.05) is 0 Å². The molecule has 0 aliphatic carbocycles. The van der Waals surface area contributed by atoms with Gasteiger partial charge in [0.25, 0.3) is 0 Å². The Morgan fingerprint density at radius 1 is 0.952 bits per heavy atom. The summed E-state index contributed by atoms with van der Waals surface area (Å²) in [5.74, 6) is -23.0. The van der Waals surface area contributed by atoms with Gasteiger partial charge in [0.2, 0.25) is 5.78 Å². The van der Waals surface area contributed by atoms with Crippen molar-refractivity contribution in [3.63, 3.8) is 0 Å². The van der Waals surface area contributed by atoms with Gasteiger partial charge in [-0.25, -0.2) is 0 Å². The van der Waals surface area contributed by atoms with E-state index in [9.17, 15) is 44.3 Å². The van der Waals surface area contributed by atoms with Gasteiger partial charge in [-0.3, -0.25) is 4.79 Å². The first-order valence-electron chi connectivity index (χ1n) is 4.97. The summed E-state index contributed by atoms with van der Waals surface area (Å²) in [5, 5.41) is 1.03. The molecule has 0 saturated heterocycles. The molecule has 0 fully saturated rings. The van der Waals surface area contributed by atoms with Crippen LogP contribution in [0.2, 0.25) is 0 Å². The van der Waals surface area contributed by atoms with Crippen LogP contribution >= 0.6 is 11.3 Å². The summed E-state index contributed by atoms with van der Waals surface area (Å²) in [4.78, 5) is 10.2. The zero-order valence-electron chi connectivity index (χ0n) is 9.87. The SMILES string of the molecule is Cc1ccsc1C(=O)C(F)(F)C(F)(F)C(F)(F)C(F)(F)F. The molecular formula is C10H5F9OS. The van der Waals surface area contributed by atoms with Crippen molar-refractivity contribution in [2.45, 2.75) is 30.9 Å². The van der Waals surface area contributed by atoms with Gasteiger partial charge >= 0.3 is 23.9 Å². The molecule has 21 heavy (non-hydrogen) atoms. The number of halogens is 9. The van der Waals surface area contributed by atoms with Crippen LogP contribution in [0.25, 0.3) is 0 Å². The van der Waals surface area contributed by atoms with E-state index in [-0.39, 0.29) is 16.9 Å². The lowest BCUT2D eigenvalue weighted by Gasteiger charge is -2.32. The molecule has 0 aromatic carbocycles. The topological polar surface area (TPSA) is 17.1 Å². The van der Waals surface area contributed by atoms with E-state index in [1.807, 2.05) is 0 Å². The Morgan fingerprint density at radius 3 is 1.76 bits per heavy atom. The number of hydrogen-bond donors (Lipinski definition) is 0. The summed E-state index contributed by atoms with van der Waals surface area (Å²) in [6, 6.07) is 1.05. The third-order valence-corrected chi connectivity index (χ3v) is 3.51. The number of ketones is 1. The van der Waals surface area contributed by atoms with Crippen LogP contribution < -0.4 is 0 Å². The predicted molar refractivity (Wildman–Crippen MR) is 54.3 cm³/mol. The van der Waals surface area contributed by atoms with Crippen LogP contribution in [0, 0.1) is 6.92 Å². The van der Waals surface area contributed by atoms with Crippen LogP contribution in [0.15, 0.2) is 11.4 Å². The lowest BCUT2D eigenvalue weighted by Crippen LogP contribution is -2.63. The lowest BCUT2D eigenvalue weighted by atomic mass is 9.98. The molecule has 1 nitrogen and oxygen atoms in total. The molecule has 0 atom stereocenters. The van der Waals surface area contributed by atoms with Crippen LogP contribution in [-0.4, -0.2) is 29.7 Å². The highest BCUT2D eigenvalue weighted by Gasteiger charge is 2.83. The fourth-order valence-electron chi connectivity index (χ4n) is 1.27. The molecule has 0 aliphatic heterocycles. The van der Waals surface area contributed by atoms with Crippen LogP contribution in [0.5, 0.6) is 0 Å². The van der Waals surface area contributed by atoms with Crippen LogP contribution in [0.1, 0.15) is 15.2 Å². The molecule has 1 aromatic heterocycles. The van der Waals surface area contributed by atoms with Gasteiger partial charge in [-0.05, 0) is 23.9 Å². The van der Waals surface area contributed by atoms with Gasteiger partial charge in [-0.15, -0.1) is 11.3 Å². The highest BCUT2D eigenvalue weighted by molar-refractivity contribution is 7.12. The van der Waals surface area contributed by atoms with Crippen molar-refractivity contribution in [2.24, 2.45) is 0 Å². The summed E-state index contributed by atoms with van der Waals surface area (Å²) in [6.45, 7) is 1.04. The minimum absolute atomic E-state index is 0.230. The molecule has 11 heteroatoms. The Labute approximate surface area is 115 Å². The van der Waals surface area contributed by atoms with Gasteiger partial charge in [-0.1, -0.05) is 0 Å². The molecule has 120 valence electrons. The normalized spacial score (nSPS) is 14.4. The Bertz CT molecular complexity index is 543. The molecule has 0 aliphatic rings. The molecule has 1 heterocycles.